The topological polar surface area (TPSA) is 60.7 Å². The highest BCUT2D eigenvalue weighted by molar-refractivity contribution is 5.86. The predicted octanol–water partition coefficient (Wildman–Crippen LogP) is 3.06. The maximum atomic E-state index is 13.4. The molecule has 1 N–H and O–H groups in total. The lowest BCUT2D eigenvalue weighted by Gasteiger charge is -2.16. The largest absolute Gasteiger partial charge is 0.496 e. The zero-order chi connectivity index (χ0) is 16.1. The minimum atomic E-state index is -0.522. The Morgan fingerprint density at radius 3 is 2.77 bits per heavy atom. The van der Waals surface area contributed by atoms with E-state index in [0.717, 1.165) is 0 Å². The molecule has 22 heavy (non-hydrogen) atoms. The van der Waals surface area contributed by atoms with Crippen LogP contribution in [0.15, 0.2) is 34.7 Å². The van der Waals surface area contributed by atoms with Gasteiger partial charge in [-0.2, -0.15) is 0 Å². The summed E-state index contributed by atoms with van der Waals surface area (Å²) in [5.41, 5.74) is 0.710. The highest BCUT2D eigenvalue weighted by Gasteiger charge is 2.14. The first-order valence-corrected chi connectivity index (χ1v) is 6.79. The lowest BCUT2D eigenvalue weighted by atomic mass is 10.1. The van der Waals surface area contributed by atoms with Gasteiger partial charge in [0.2, 0.25) is 5.76 Å². The number of methoxy groups -OCH3 is 2. The van der Waals surface area contributed by atoms with Crippen LogP contribution in [0.5, 0.6) is 5.75 Å². The van der Waals surface area contributed by atoms with Gasteiger partial charge in [0.05, 0.1) is 20.8 Å². The highest BCUT2D eigenvalue weighted by Crippen LogP contribution is 2.26. The Labute approximate surface area is 128 Å². The fourth-order valence-electron chi connectivity index (χ4n) is 2.09. The molecule has 0 saturated carbocycles. The molecule has 0 saturated heterocycles. The number of ether oxygens (including phenoxy) is 2. The first kappa shape index (κ1) is 16.0. The summed E-state index contributed by atoms with van der Waals surface area (Å²) in [7, 11) is 2.83. The van der Waals surface area contributed by atoms with Crippen molar-refractivity contribution in [1.82, 2.24) is 5.32 Å². The lowest BCUT2D eigenvalue weighted by molar-refractivity contribution is 0.0563. The molecule has 6 heteroatoms. The van der Waals surface area contributed by atoms with E-state index in [9.17, 15) is 9.18 Å². The van der Waals surface area contributed by atoms with Gasteiger partial charge in [-0.05, 0) is 37.3 Å². The summed E-state index contributed by atoms with van der Waals surface area (Å²) < 4.78 is 28.6. The van der Waals surface area contributed by atoms with Crippen LogP contribution in [0.1, 0.15) is 34.8 Å². The summed E-state index contributed by atoms with van der Waals surface area (Å²) in [6, 6.07) is 7.45. The van der Waals surface area contributed by atoms with E-state index in [1.807, 2.05) is 6.92 Å². The van der Waals surface area contributed by atoms with Crippen LogP contribution in [0.2, 0.25) is 0 Å². The smallest absolute Gasteiger partial charge is 0.373 e. The van der Waals surface area contributed by atoms with Gasteiger partial charge in [-0.15, -0.1) is 0 Å². The second-order valence-corrected chi connectivity index (χ2v) is 4.75. The number of nitrogens with one attached hydrogen (secondary N) is 1. The van der Waals surface area contributed by atoms with Crippen LogP contribution in [0.25, 0.3) is 0 Å². The van der Waals surface area contributed by atoms with Crippen LogP contribution in [0, 0.1) is 5.82 Å². The lowest BCUT2D eigenvalue weighted by Crippen LogP contribution is -2.18. The average Bonchev–Trinajstić information content (AvgIpc) is 3.00. The fraction of sp³-hybridized carbons (Fsp3) is 0.312. The van der Waals surface area contributed by atoms with Gasteiger partial charge in [0.25, 0.3) is 0 Å². The normalized spacial score (nSPS) is 12.0. The molecule has 0 fully saturated rings. The van der Waals surface area contributed by atoms with E-state index < -0.39 is 5.97 Å². The Bertz CT molecular complexity index is 653. The number of hydrogen-bond acceptors (Lipinski definition) is 5. The maximum Gasteiger partial charge on any atom is 0.373 e. The Kier molecular flexibility index (Phi) is 5.16. The van der Waals surface area contributed by atoms with Gasteiger partial charge >= 0.3 is 5.97 Å². The van der Waals surface area contributed by atoms with Gasteiger partial charge < -0.3 is 19.2 Å². The number of carbonyl (C=O) groups is 1. The summed E-state index contributed by atoms with van der Waals surface area (Å²) in [6.07, 6.45) is 0. The van der Waals surface area contributed by atoms with E-state index in [1.165, 1.54) is 19.2 Å². The first-order valence-electron chi connectivity index (χ1n) is 6.79. The third kappa shape index (κ3) is 3.65. The monoisotopic (exact) mass is 307 g/mol. The van der Waals surface area contributed by atoms with Gasteiger partial charge in [-0.25, -0.2) is 9.18 Å². The number of esters is 1. The van der Waals surface area contributed by atoms with Crippen molar-refractivity contribution < 1.29 is 23.1 Å². The molecule has 118 valence electrons. The van der Waals surface area contributed by atoms with Gasteiger partial charge in [0.1, 0.15) is 17.3 Å². The molecule has 1 unspecified atom stereocenters. The number of benzene rings is 1. The van der Waals surface area contributed by atoms with Crippen molar-refractivity contribution >= 4 is 5.97 Å². The van der Waals surface area contributed by atoms with Crippen molar-refractivity contribution in [3.63, 3.8) is 0 Å². The van der Waals surface area contributed by atoms with E-state index in [4.69, 9.17) is 9.15 Å². The third-order valence-electron chi connectivity index (χ3n) is 3.29. The van der Waals surface area contributed by atoms with E-state index in [0.29, 0.717) is 23.6 Å². The predicted molar refractivity (Wildman–Crippen MR) is 78.3 cm³/mol. The van der Waals surface area contributed by atoms with Gasteiger partial charge in [0, 0.05) is 11.6 Å². The molecular formula is C16H18FNO4. The quantitative estimate of drug-likeness (QED) is 0.831. The molecule has 0 radical (unpaired) electrons. The standard InChI is InChI=1S/C16H18FNO4/c1-10(13-8-11(17)4-6-14(13)20-2)18-9-12-5-7-15(22-12)16(19)21-3/h4-8,10,18H,9H2,1-3H3. The molecule has 1 aromatic carbocycles. The van der Waals surface area contributed by atoms with Crippen LogP contribution in [-0.4, -0.2) is 20.2 Å². The first-order chi connectivity index (χ1) is 10.5. The zero-order valence-corrected chi connectivity index (χ0v) is 12.7. The minimum absolute atomic E-state index is 0.148. The summed E-state index contributed by atoms with van der Waals surface area (Å²) in [4.78, 5) is 11.3. The van der Waals surface area contributed by atoms with Gasteiger partial charge in [0.15, 0.2) is 0 Å². The second kappa shape index (κ2) is 7.09. The van der Waals surface area contributed by atoms with Crippen molar-refractivity contribution in [1.29, 1.82) is 0 Å². The number of rotatable bonds is 6. The van der Waals surface area contributed by atoms with Gasteiger partial charge in [-0.3, -0.25) is 0 Å². The molecule has 0 bridgehead atoms. The Hall–Kier alpha value is -2.34. The second-order valence-electron chi connectivity index (χ2n) is 4.75. The minimum Gasteiger partial charge on any atom is -0.496 e. The van der Waals surface area contributed by atoms with Crippen molar-refractivity contribution in [3.8, 4) is 5.75 Å². The molecule has 0 spiro atoms. The molecule has 0 aliphatic carbocycles. The average molecular weight is 307 g/mol. The van der Waals surface area contributed by atoms with E-state index in [2.05, 4.69) is 10.1 Å². The Morgan fingerprint density at radius 2 is 2.09 bits per heavy atom. The van der Waals surface area contributed by atoms with Gasteiger partial charge in [-0.1, -0.05) is 0 Å². The van der Waals surface area contributed by atoms with Crippen molar-refractivity contribution in [2.24, 2.45) is 0 Å². The molecule has 1 atom stereocenters. The number of furan rings is 1. The summed E-state index contributed by atoms with van der Waals surface area (Å²) >= 11 is 0. The Balaban J connectivity index is 2.03. The number of carbonyl (C=O) groups excluding carboxylic acids is 1. The van der Waals surface area contributed by atoms with Crippen LogP contribution in [0.3, 0.4) is 0 Å². The molecular weight excluding hydrogens is 289 g/mol. The molecule has 5 nitrogen and oxygen atoms in total. The molecule has 1 heterocycles. The third-order valence-corrected chi connectivity index (χ3v) is 3.29. The number of halogens is 1. The fourth-order valence-corrected chi connectivity index (χ4v) is 2.09. The molecule has 2 aromatic rings. The van der Waals surface area contributed by atoms with E-state index >= 15 is 0 Å². The highest BCUT2D eigenvalue weighted by atomic mass is 19.1. The molecule has 0 aliphatic heterocycles. The Morgan fingerprint density at radius 1 is 1.32 bits per heavy atom. The zero-order valence-electron chi connectivity index (χ0n) is 12.7. The molecule has 0 aliphatic rings. The maximum absolute atomic E-state index is 13.4. The van der Waals surface area contributed by atoms with Crippen LogP contribution >= 0.6 is 0 Å². The van der Waals surface area contributed by atoms with E-state index in [1.54, 1.807) is 25.3 Å². The van der Waals surface area contributed by atoms with E-state index in [-0.39, 0.29) is 17.6 Å². The van der Waals surface area contributed by atoms with Crippen molar-refractivity contribution in [2.75, 3.05) is 14.2 Å². The molecule has 1 aromatic heterocycles. The summed E-state index contributed by atoms with van der Waals surface area (Å²) in [5.74, 6) is 0.496. The molecule has 0 amide bonds. The van der Waals surface area contributed by atoms with Crippen molar-refractivity contribution in [3.05, 3.63) is 53.2 Å². The number of hydrogen-bond donors (Lipinski definition) is 1. The van der Waals surface area contributed by atoms with Crippen LogP contribution in [-0.2, 0) is 11.3 Å². The molecule has 2 rings (SSSR count). The summed E-state index contributed by atoms with van der Waals surface area (Å²) in [5, 5.41) is 3.19. The van der Waals surface area contributed by atoms with Crippen molar-refractivity contribution in [2.45, 2.75) is 19.5 Å². The SMILES string of the molecule is COC(=O)c1ccc(CNC(C)c2cc(F)ccc2OC)o1. The van der Waals surface area contributed by atoms with Crippen LogP contribution in [0.4, 0.5) is 4.39 Å². The summed E-state index contributed by atoms with van der Waals surface area (Å²) in [6.45, 7) is 2.28. The van der Waals surface area contributed by atoms with Crippen LogP contribution < -0.4 is 10.1 Å².